The lowest BCUT2D eigenvalue weighted by Gasteiger charge is -2.20. The number of methoxy groups -OCH3 is 1. The molecule has 0 atom stereocenters. The molecule has 8 nitrogen and oxygen atoms in total. The maximum atomic E-state index is 12.5. The van der Waals surface area contributed by atoms with E-state index in [9.17, 15) is 19.2 Å². The number of ether oxygens (including phenoxy) is 1. The summed E-state index contributed by atoms with van der Waals surface area (Å²) < 4.78 is 4.61. The third kappa shape index (κ3) is 3.79. The molecule has 1 saturated heterocycles. The summed E-state index contributed by atoms with van der Waals surface area (Å²) in [6, 6.07) is 5.79. The molecule has 8 heteroatoms. The van der Waals surface area contributed by atoms with Crippen LogP contribution in [0.5, 0.6) is 0 Å². The molecule has 3 rings (SSSR count). The number of urea groups is 1. The van der Waals surface area contributed by atoms with Gasteiger partial charge in [0.15, 0.2) is 0 Å². The molecular weight excluding hydrogens is 350 g/mol. The molecule has 1 spiro atoms. The molecule has 27 heavy (non-hydrogen) atoms. The maximum Gasteiger partial charge on any atom is 0.337 e. The van der Waals surface area contributed by atoms with Gasteiger partial charge >= 0.3 is 12.0 Å². The Morgan fingerprint density at radius 1 is 1.15 bits per heavy atom. The van der Waals surface area contributed by atoms with Gasteiger partial charge in [-0.3, -0.25) is 14.5 Å². The van der Waals surface area contributed by atoms with Gasteiger partial charge in [-0.2, -0.15) is 0 Å². The lowest BCUT2D eigenvalue weighted by molar-refractivity contribution is -0.131. The molecule has 0 radical (unpaired) electrons. The van der Waals surface area contributed by atoms with Crippen LogP contribution in [-0.4, -0.2) is 54.5 Å². The molecule has 2 N–H and O–H groups in total. The van der Waals surface area contributed by atoms with Crippen molar-refractivity contribution in [3.8, 4) is 0 Å². The van der Waals surface area contributed by atoms with Crippen molar-refractivity contribution in [2.45, 2.75) is 37.6 Å². The van der Waals surface area contributed by atoms with E-state index in [0.29, 0.717) is 36.9 Å². The number of nitrogens with one attached hydrogen (secondary N) is 2. The van der Waals surface area contributed by atoms with E-state index in [2.05, 4.69) is 15.4 Å². The molecule has 0 bridgehead atoms. The zero-order valence-corrected chi connectivity index (χ0v) is 15.2. The fourth-order valence-electron chi connectivity index (χ4n) is 3.61. The average Bonchev–Trinajstić information content (AvgIpc) is 3.24. The van der Waals surface area contributed by atoms with Crippen molar-refractivity contribution in [3.05, 3.63) is 35.4 Å². The first kappa shape index (κ1) is 18.9. The van der Waals surface area contributed by atoms with E-state index in [0.717, 1.165) is 12.8 Å². The highest BCUT2D eigenvalue weighted by Gasteiger charge is 2.51. The van der Waals surface area contributed by atoms with Gasteiger partial charge in [0.2, 0.25) is 0 Å². The molecule has 0 aromatic heterocycles. The van der Waals surface area contributed by atoms with Crippen molar-refractivity contribution >= 4 is 23.8 Å². The van der Waals surface area contributed by atoms with E-state index in [1.807, 2.05) is 0 Å². The van der Waals surface area contributed by atoms with Gasteiger partial charge in [-0.05, 0) is 43.5 Å². The largest absolute Gasteiger partial charge is 0.465 e. The van der Waals surface area contributed by atoms with Crippen molar-refractivity contribution in [1.82, 2.24) is 15.5 Å². The van der Waals surface area contributed by atoms with Crippen molar-refractivity contribution in [1.29, 1.82) is 0 Å². The van der Waals surface area contributed by atoms with E-state index in [-0.39, 0.29) is 24.4 Å². The van der Waals surface area contributed by atoms with Crippen LogP contribution in [0, 0.1) is 0 Å². The molecule has 1 aliphatic carbocycles. The van der Waals surface area contributed by atoms with Crippen molar-refractivity contribution in [3.63, 3.8) is 0 Å². The zero-order valence-electron chi connectivity index (χ0n) is 15.2. The van der Waals surface area contributed by atoms with Gasteiger partial charge in [0, 0.05) is 18.7 Å². The Labute approximate surface area is 157 Å². The van der Waals surface area contributed by atoms with Crippen LogP contribution in [0.3, 0.4) is 0 Å². The normalized spacial score (nSPS) is 17.9. The molecule has 1 aliphatic heterocycles. The minimum Gasteiger partial charge on any atom is -0.465 e. The number of nitrogens with zero attached hydrogens (tertiary/aromatic N) is 1. The van der Waals surface area contributed by atoms with Crippen LogP contribution >= 0.6 is 0 Å². The van der Waals surface area contributed by atoms with Crippen LogP contribution in [0.25, 0.3) is 0 Å². The lowest BCUT2D eigenvalue weighted by Crippen LogP contribution is -2.44. The van der Waals surface area contributed by atoms with E-state index in [4.69, 9.17) is 0 Å². The highest BCUT2D eigenvalue weighted by atomic mass is 16.5. The number of imide groups is 1. The molecule has 1 aromatic carbocycles. The number of rotatable bonds is 6. The first-order valence-electron chi connectivity index (χ1n) is 9.07. The number of hydrogen-bond donors (Lipinski definition) is 2. The van der Waals surface area contributed by atoms with Crippen LogP contribution < -0.4 is 10.6 Å². The maximum absolute atomic E-state index is 12.5. The minimum atomic E-state index is -0.693. The molecule has 1 aromatic rings. The van der Waals surface area contributed by atoms with E-state index in [1.54, 1.807) is 12.1 Å². The SMILES string of the molecule is COC(=O)c1ccc(C(=O)NCCCN2C(=O)NC3(CCCC3)C2=O)cc1. The number of carbonyl (C=O) groups excluding carboxylic acids is 4. The Morgan fingerprint density at radius 3 is 2.41 bits per heavy atom. The number of benzene rings is 1. The molecule has 2 fully saturated rings. The molecular formula is C19H23N3O5. The van der Waals surface area contributed by atoms with Gasteiger partial charge in [0.05, 0.1) is 12.7 Å². The minimum absolute atomic E-state index is 0.144. The van der Waals surface area contributed by atoms with Crippen molar-refractivity contribution in [2.75, 3.05) is 20.2 Å². The molecule has 4 amide bonds. The average molecular weight is 373 g/mol. The Morgan fingerprint density at radius 2 is 1.78 bits per heavy atom. The number of esters is 1. The Balaban J connectivity index is 1.46. The van der Waals surface area contributed by atoms with Gasteiger partial charge < -0.3 is 15.4 Å². The molecule has 1 saturated carbocycles. The van der Waals surface area contributed by atoms with Crippen LogP contribution in [0.2, 0.25) is 0 Å². The van der Waals surface area contributed by atoms with Crippen molar-refractivity contribution in [2.24, 2.45) is 0 Å². The fraction of sp³-hybridized carbons (Fsp3) is 0.474. The summed E-state index contributed by atoms with van der Waals surface area (Å²) in [6.45, 7) is 0.607. The molecule has 1 heterocycles. The second-order valence-electron chi connectivity index (χ2n) is 6.85. The zero-order chi connectivity index (χ0) is 19.4. The summed E-state index contributed by atoms with van der Waals surface area (Å²) in [6.07, 6.45) is 3.77. The first-order chi connectivity index (χ1) is 13.0. The summed E-state index contributed by atoms with van der Waals surface area (Å²) in [4.78, 5) is 49.4. The topological polar surface area (TPSA) is 105 Å². The van der Waals surface area contributed by atoms with Gasteiger partial charge in [0.1, 0.15) is 5.54 Å². The van der Waals surface area contributed by atoms with Gasteiger partial charge in [-0.25, -0.2) is 9.59 Å². The number of carbonyl (C=O) groups is 4. The van der Waals surface area contributed by atoms with Gasteiger partial charge in [-0.15, -0.1) is 0 Å². The summed E-state index contributed by atoms with van der Waals surface area (Å²) in [5.41, 5.74) is 0.0952. The van der Waals surface area contributed by atoms with Crippen molar-refractivity contribution < 1.29 is 23.9 Å². The summed E-state index contributed by atoms with van der Waals surface area (Å²) >= 11 is 0. The fourth-order valence-corrected chi connectivity index (χ4v) is 3.61. The third-order valence-electron chi connectivity index (χ3n) is 5.12. The lowest BCUT2D eigenvalue weighted by atomic mass is 9.98. The molecule has 0 unspecified atom stereocenters. The number of hydrogen-bond acceptors (Lipinski definition) is 5. The Bertz CT molecular complexity index is 753. The highest BCUT2D eigenvalue weighted by molar-refractivity contribution is 6.07. The summed E-state index contributed by atoms with van der Waals surface area (Å²) in [5, 5.41) is 5.59. The van der Waals surface area contributed by atoms with E-state index < -0.39 is 11.5 Å². The quantitative estimate of drug-likeness (QED) is 0.446. The first-order valence-corrected chi connectivity index (χ1v) is 9.07. The highest BCUT2D eigenvalue weighted by Crippen LogP contribution is 2.34. The predicted octanol–water partition coefficient (Wildman–Crippen LogP) is 1.46. The summed E-state index contributed by atoms with van der Waals surface area (Å²) in [5.74, 6) is -0.888. The number of amides is 4. The van der Waals surface area contributed by atoms with E-state index in [1.165, 1.54) is 24.1 Å². The molecule has 144 valence electrons. The Kier molecular flexibility index (Phi) is 5.43. The molecule has 2 aliphatic rings. The standard InChI is InChI=1S/C19H23N3O5/c1-27-16(24)14-7-5-13(6-8-14)15(23)20-11-4-12-22-17(25)19(21-18(22)26)9-2-3-10-19/h5-8H,2-4,9-12H2,1H3,(H,20,23)(H,21,26). The summed E-state index contributed by atoms with van der Waals surface area (Å²) in [7, 11) is 1.29. The van der Waals surface area contributed by atoms with Crippen LogP contribution in [0.15, 0.2) is 24.3 Å². The van der Waals surface area contributed by atoms with Gasteiger partial charge in [0.25, 0.3) is 11.8 Å². The third-order valence-corrected chi connectivity index (χ3v) is 5.12. The monoisotopic (exact) mass is 373 g/mol. The van der Waals surface area contributed by atoms with E-state index >= 15 is 0 Å². The Hall–Kier alpha value is -2.90. The smallest absolute Gasteiger partial charge is 0.337 e. The predicted molar refractivity (Wildman–Crippen MR) is 96.2 cm³/mol. The van der Waals surface area contributed by atoms with Gasteiger partial charge in [-0.1, -0.05) is 12.8 Å². The second kappa shape index (κ2) is 7.77. The van der Waals surface area contributed by atoms with Crippen LogP contribution in [-0.2, 0) is 9.53 Å². The second-order valence-corrected chi connectivity index (χ2v) is 6.85. The van der Waals surface area contributed by atoms with Crippen LogP contribution in [0.4, 0.5) is 4.79 Å². The van der Waals surface area contributed by atoms with Crippen LogP contribution in [0.1, 0.15) is 52.8 Å².